The molecule has 0 N–H and O–H groups in total. The monoisotopic (exact) mass is 435 g/mol. The number of carbonyl (C=O) groups excluding carboxylic acids is 1. The van der Waals surface area contributed by atoms with Gasteiger partial charge in [-0.25, -0.2) is 18.7 Å². The van der Waals surface area contributed by atoms with Gasteiger partial charge in [0.25, 0.3) is 5.91 Å². The molecular weight excluding hydrogens is 420 g/mol. The molecule has 4 aromatic heterocycles. The van der Waals surface area contributed by atoms with Gasteiger partial charge >= 0.3 is 0 Å². The molecule has 0 fully saturated rings. The Morgan fingerprint density at radius 2 is 1.97 bits per heavy atom. The van der Waals surface area contributed by atoms with Crippen molar-refractivity contribution in [3.8, 4) is 0 Å². The number of hydrogen-bond donors (Lipinski definition) is 0. The first-order valence-electron chi connectivity index (χ1n) is 9.42. The van der Waals surface area contributed by atoms with E-state index in [-0.39, 0.29) is 23.1 Å². The third kappa shape index (κ3) is 3.42. The summed E-state index contributed by atoms with van der Waals surface area (Å²) in [6.07, 6.45) is 3.39. The van der Waals surface area contributed by atoms with E-state index in [0.29, 0.717) is 27.4 Å². The Morgan fingerprint density at radius 3 is 2.77 bits per heavy atom. The molecule has 0 aliphatic carbocycles. The Balaban J connectivity index is 1.66. The molecule has 31 heavy (non-hydrogen) atoms. The van der Waals surface area contributed by atoms with Crippen LogP contribution in [0.4, 0.5) is 13.9 Å². The van der Waals surface area contributed by atoms with Gasteiger partial charge in [0.15, 0.2) is 10.9 Å². The number of aryl methyl sites for hydroxylation is 1. The highest BCUT2D eigenvalue weighted by molar-refractivity contribution is 7.22. The van der Waals surface area contributed by atoms with E-state index in [0.717, 1.165) is 17.4 Å². The molecule has 154 valence electrons. The maximum absolute atomic E-state index is 14.3. The van der Waals surface area contributed by atoms with Crippen LogP contribution in [0.3, 0.4) is 0 Å². The first-order chi connectivity index (χ1) is 15.0. The van der Waals surface area contributed by atoms with Crippen molar-refractivity contribution in [2.24, 2.45) is 0 Å². The lowest BCUT2D eigenvalue weighted by atomic mass is 10.2. The normalized spacial score (nSPS) is 11.3. The van der Waals surface area contributed by atoms with Crippen LogP contribution in [0, 0.1) is 18.6 Å². The molecule has 5 rings (SSSR count). The highest BCUT2D eigenvalue weighted by atomic mass is 32.1. The summed E-state index contributed by atoms with van der Waals surface area (Å²) < 4.78 is 30.0. The fraction of sp³-hybridized carbons (Fsp3) is 0.0909. The number of fused-ring (bicyclic) bond motifs is 2. The first kappa shape index (κ1) is 19.3. The van der Waals surface area contributed by atoms with E-state index in [4.69, 9.17) is 0 Å². The number of amides is 1. The Kier molecular flexibility index (Phi) is 4.67. The van der Waals surface area contributed by atoms with Crippen LogP contribution in [0.2, 0.25) is 0 Å². The number of carbonyl (C=O) groups is 1. The lowest BCUT2D eigenvalue weighted by Crippen LogP contribution is -2.32. The number of imidazole rings is 1. The van der Waals surface area contributed by atoms with Gasteiger partial charge in [-0.05, 0) is 37.3 Å². The van der Waals surface area contributed by atoms with Gasteiger partial charge in [-0.3, -0.25) is 19.1 Å². The van der Waals surface area contributed by atoms with Crippen LogP contribution in [-0.4, -0.2) is 25.3 Å². The molecular formula is C22H15F2N5OS. The van der Waals surface area contributed by atoms with E-state index >= 15 is 0 Å². The number of thiazole rings is 1. The van der Waals surface area contributed by atoms with Crippen LogP contribution in [0.15, 0.2) is 60.9 Å². The fourth-order valence-electron chi connectivity index (χ4n) is 3.44. The van der Waals surface area contributed by atoms with E-state index < -0.39 is 11.6 Å². The molecule has 0 radical (unpaired) electrons. The third-order valence-corrected chi connectivity index (χ3v) is 5.86. The van der Waals surface area contributed by atoms with Crippen LogP contribution in [0.1, 0.15) is 21.9 Å². The number of pyridine rings is 2. The molecule has 4 heterocycles. The van der Waals surface area contributed by atoms with Gasteiger partial charge in [-0.2, -0.15) is 0 Å². The fourth-order valence-corrected chi connectivity index (χ4v) is 4.44. The molecule has 1 amide bonds. The lowest BCUT2D eigenvalue weighted by Gasteiger charge is -2.19. The van der Waals surface area contributed by atoms with E-state index in [1.165, 1.54) is 11.0 Å². The van der Waals surface area contributed by atoms with Crippen LogP contribution >= 0.6 is 11.3 Å². The molecule has 0 aliphatic heterocycles. The average molecular weight is 435 g/mol. The summed E-state index contributed by atoms with van der Waals surface area (Å²) in [5.41, 5.74) is 2.22. The second-order valence-electron chi connectivity index (χ2n) is 6.92. The minimum absolute atomic E-state index is 0.0232. The summed E-state index contributed by atoms with van der Waals surface area (Å²) in [4.78, 5) is 28.2. The van der Waals surface area contributed by atoms with E-state index in [1.54, 1.807) is 35.9 Å². The number of aromatic nitrogens is 4. The van der Waals surface area contributed by atoms with Gasteiger partial charge in [0.05, 0.1) is 22.6 Å². The predicted octanol–water partition coefficient (Wildman–Crippen LogP) is 4.77. The first-order valence-corrected chi connectivity index (χ1v) is 10.2. The van der Waals surface area contributed by atoms with E-state index in [2.05, 4.69) is 15.0 Å². The Morgan fingerprint density at radius 1 is 1.13 bits per heavy atom. The third-order valence-electron chi connectivity index (χ3n) is 4.83. The van der Waals surface area contributed by atoms with Gasteiger partial charge in [0, 0.05) is 18.5 Å². The molecule has 5 aromatic rings. The van der Waals surface area contributed by atoms with Crippen molar-refractivity contribution in [3.05, 3.63) is 89.6 Å². The standard InChI is InChI=1S/C22H15F2N5OS/c1-13-20(28-9-5-3-7-18(28)26-13)21(30)29(12-15-6-2-4-8-25-15)22-27-19-16(24)10-14(23)11-17(19)31-22/h2-11H,12H2,1H3. The predicted molar refractivity (Wildman–Crippen MR) is 114 cm³/mol. The van der Waals surface area contributed by atoms with Crippen molar-refractivity contribution in [2.75, 3.05) is 4.90 Å². The van der Waals surface area contributed by atoms with Crippen molar-refractivity contribution >= 4 is 38.2 Å². The topological polar surface area (TPSA) is 63.4 Å². The van der Waals surface area contributed by atoms with Crippen LogP contribution in [-0.2, 0) is 6.54 Å². The quantitative estimate of drug-likeness (QED) is 0.408. The highest BCUT2D eigenvalue weighted by Crippen LogP contribution is 2.33. The average Bonchev–Trinajstić information content (AvgIpc) is 3.32. The molecule has 1 aromatic carbocycles. The maximum atomic E-state index is 14.3. The second kappa shape index (κ2) is 7.51. The number of hydrogen-bond acceptors (Lipinski definition) is 5. The molecule has 0 bridgehead atoms. The van der Waals surface area contributed by atoms with Crippen molar-refractivity contribution in [1.29, 1.82) is 0 Å². The van der Waals surface area contributed by atoms with Gasteiger partial charge < -0.3 is 0 Å². The van der Waals surface area contributed by atoms with Crippen molar-refractivity contribution in [3.63, 3.8) is 0 Å². The molecule has 9 heteroatoms. The van der Waals surface area contributed by atoms with Gasteiger partial charge in [-0.15, -0.1) is 0 Å². The zero-order chi connectivity index (χ0) is 21.5. The van der Waals surface area contributed by atoms with Crippen molar-refractivity contribution in [1.82, 2.24) is 19.4 Å². The molecule has 6 nitrogen and oxygen atoms in total. The molecule has 0 spiro atoms. The van der Waals surface area contributed by atoms with Gasteiger partial charge in [0.1, 0.15) is 22.7 Å². The minimum atomic E-state index is -0.770. The van der Waals surface area contributed by atoms with Crippen molar-refractivity contribution < 1.29 is 13.6 Å². The summed E-state index contributed by atoms with van der Waals surface area (Å²) in [5, 5.41) is 0.250. The molecule has 0 aliphatic rings. The SMILES string of the molecule is Cc1nc2ccccn2c1C(=O)N(Cc1ccccn1)c1nc2c(F)cc(F)cc2s1. The lowest BCUT2D eigenvalue weighted by molar-refractivity contribution is 0.0978. The zero-order valence-corrected chi connectivity index (χ0v) is 17.1. The van der Waals surface area contributed by atoms with Crippen LogP contribution < -0.4 is 4.90 Å². The van der Waals surface area contributed by atoms with Crippen LogP contribution in [0.25, 0.3) is 15.9 Å². The van der Waals surface area contributed by atoms with Crippen LogP contribution in [0.5, 0.6) is 0 Å². The summed E-state index contributed by atoms with van der Waals surface area (Å²) in [6.45, 7) is 1.87. The minimum Gasteiger partial charge on any atom is -0.295 e. The Bertz CT molecular complexity index is 1430. The number of halogens is 2. The van der Waals surface area contributed by atoms with Gasteiger partial charge in [-0.1, -0.05) is 23.5 Å². The Labute approximate surface area is 179 Å². The largest absolute Gasteiger partial charge is 0.295 e. The van der Waals surface area contributed by atoms with Gasteiger partial charge in [0.2, 0.25) is 0 Å². The number of rotatable bonds is 4. The zero-order valence-electron chi connectivity index (χ0n) is 16.3. The Hall–Kier alpha value is -3.72. The highest BCUT2D eigenvalue weighted by Gasteiger charge is 2.27. The number of benzene rings is 1. The van der Waals surface area contributed by atoms with E-state index in [1.807, 2.05) is 24.3 Å². The summed E-state index contributed by atoms with van der Waals surface area (Å²) in [7, 11) is 0. The summed E-state index contributed by atoms with van der Waals surface area (Å²) in [5.74, 6) is -1.82. The summed E-state index contributed by atoms with van der Waals surface area (Å²) >= 11 is 1.05. The molecule has 0 atom stereocenters. The van der Waals surface area contributed by atoms with Crippen molar-refractivity contribution in [2.45, 2.75) is 13.5 Å². The second-order valence-corrected chi connectivity index (χ2v) is 7.93. The maximum Gasteiger partial charge on any atom is 0.279 e. The summed E-state index contributed by atoms with van der Waals surface area (Å²) in [6, 6.07) is 12.8. The number of anilines is 1. The van der Waals surface area contributed by atoms with E-state index in [9.17, 15) is 13.6 Å². The molecule has 0 saturated heterocycles. The smallest absolute Gasteiger partial charge is 0.279 e. The molecule has 0 unspecified atom stereocenters. The molecule has 0 saturated carbocycles. The number of nitrogens with zero attached hydrogens (tertiary/aromatic N) is 5.